The summed E-state index contributed by atoms with van der Waals surface area (Å²) in [6.07, 6.45) is 0. The standard InChI is InChI=1S/C23H25BrN4O4S/c1-14-19(21(29)32-13-12-31-3)20(27-23(33)28(14)2)15-4-8-17(9-5-15)25-22(30)26-18-10-6-16(24)7-11-18/h4-11,20H,12-13H2,1-3H3,(H,27,33)(H2,25,26,30). The summed E-state index contributed by atoms with van der Waals surface area (Å²) in [5, 5.41) is 9.27. The first-order chi connectivity index (χ1) is 15.8. The smallest absolute Gasteiger partial charge is 0.338 e. The summed E-state index contributed by atoms with van der Waals surface area (Å²) in [5.41, 5.74) is 3.27. The van der Waals surface area contributed by atoms with Crippen LogP contribution in [-0.4, -0.2) is 49.4 Å². The number of hydrogen-bond acceptors (Lipinski definition) is 5. The Balaban J connectivity index is 1.74. The molecule has 1 heterocycles. The Bertz CT molecular complexity index is 1060. The van der Waals surface area contributed by atoms with E-state index in [9.17, 15) is 9.59 Å². The van der Waals surface area contributed by atoms with Gasteiger partial charge in [-0.1, -0.05) is 28.1 Å². The average molecular weight is 533 g/mol. The first-order valence-corrected chi connectivity index (χ1v) is 11.3. The molecule has 33 heavy (non-hydrogen) atoms. The second-order valence-corrected chi connectivity index (χ2v) is 8.58. The van der Waals surface area contributed by atoms with Crippen LogP contribution in [0.1, 0.15) is 18.5 Å². The van der Waals surface area contributed by atoms with Crippen LogP contribution in [0.3, 0.4) is 0 Å². The fourth-order valence-corrected chi connectivity index (χ4v) is 3.75. The molecule has 3 N–H and O–H groups in total. The maximum absolute atomic E-state index is 12.8. The van der Waals surface area contributed by atoms with Crippen LogP contribution in [0.4, 0.5) is 16.2 Å². The molecule has 174 valence electrons. The summed E-state index contributed by atoms with van der Waals surface area (Å²) >= 11 is 8.78. The number of anilines is 2. The highest BCUT2D eigenvalue weighted by Gasteiger charge is 2.33. The highest BCUT2D eigenvalue weighted by molar-refractivity contribution is 9.10. The van der Waals surface area contributed by atoms with Crippen LogP contribution < -0.4 is 16.0 Å². The highest BCUT2D eigenvalue weighted by atomic mass is 79.9. The number of benzene rings is 2. The molecule has 0 spiro atoms. The van der Waals surface area contributed by atoms with Crippen LogP contribution in [0, 0.1) is 0 Å². The number of thiocarbonyl (C=S) groups is 1. The van der Waals surface area contributed by atoms with Crippen molar-refractivity contribution in [1.29, 1.82) is 0 Å². The largest absolute Gasteiger partial charge is 0.460 e. The van der Waals surface area contributed by atoms with Crippen molar-refractivity contribution in [2.45, 2.75) is 13.0 Å². The molecular formula is C23H25BrN4O4S. The molecule has 0 aliphatic carbocycles. The van der Waals surface area contributed by atoms with E-state index in [0.29, 0.717) is 34.4 Å². The van der Waals surface area contributed by atoms with Crippen molar-refractivity contribution in [3.8, 4) is 0 Å². The van der Waals surface area contributed by atoms with E-state index in [0.717, 1.165) is 10.0 Å². The Morgan fingerprint density at radius 2 is 1.64 bits per heavy atom. The lowest BCUT2D eigenvalue weighted by Gasteiger charge is -2.35. The van der Waals surface area contributed by atoms with Gasteiger partial charge in [0.1, 0.15) is 6.61 Å². The number of esters is 1. The molecule has 2 amide bonds. The minimum absolute atomic E-state index is 0.156. The number of amides is 2. The van der Waals surface area contributed by atoms with Gasteiger partial charge in [0.05, 0.1) is 18.2 Å². The number of nitrogens with zero attached hydrogens (tertiary/aromatic N) is 1. The van der Waals surface area contributed by atoms with Gasteiger partial charge in [-0.2, -0.15) is 0 Å². The molecule has 0 saturated heterocycles. The van der Waals surface area contributed by atoms with E-state index in [1.165, 1.54) is 0 Å². The molecule has 0 aromatic heterocycles. The molecule has 0 radical (unpaired) electrons. The molecule has 10 heteroatoms. The van der Waals surface area contributed by atoms with Crippen molar-refractivity contribution in [2.75, 3.05) is 38.0 Å². The third-order valence-electron chi connectivity index (χ3n) is 5.10. The summed E-state index contributed by atoms with van der Waals surface area (Å²) in [4.78, 5) is 26.8. The zero-order valence-electron chi connectivity index (χ0n) is 18.5. The van der Waals surface area contributed by atoms with Crippen LogP contribution in [0.5, 0.6) is 0 Å². The third kappa shape index (κ3) is 6.31. The van der Waals surface area contributed by atoms with Gasteiger partial charge in [0.25, 0.3) is 0 Å². The molecule has 0 bridgehead atoms. The summed E-state index contributed by atoms with van der Waals surface area (Å²) in [6, 6.07) is 13.6. The van der Waals surface area contributed by atoms with Crippen molar-refractivity contribution in [3.05, 3.63) is 69.8 Å². The number of nitrogens with one attached hydrogen (secondary N) is 3. The van der Waals surface area contributed by atoms with E-state index >= 15 is 0 Å². The monoisotopic (exact) mass is 532 g/mol. The molecule has 1 aliphatic rings. The van der Waals surface area contributed by atoms with Crippen molar-refractivity contribution in [3.63, 3.8) is 0 Å². The molecule has 1 atom stereocenters. The van der Waals surface area contributed by atoms with Gasteiger partial charge in [-0.3, -0.25) is 0 Å². The van der Waals surface area contributed by atoms with Crippen LogP contribution in [-0.2, 0) is 14.3 Å². The maximum Gasteiger partial charge on any atom is 0.338 e. The number of hydrogen-bond donors (Lipinski definition) is 3. The molecule has 1 unspecified atom stereocenters. The Morgan fingerprint density at radius 1 is 1.06 bits per heavy atom. The summed E-state index contributed by atoms with van der Waals surface area (Å²) < 4.78 is 11.3. The first-order valence-electron chi connectivity index (χ1n) is 10.1. The molecule has 2 aromatic rings. The molecule has 0 saturated carbocycles. The van der Waals surface area contributed by atoms with Crippen LogP contribution >= 0.6 is 28.1 Å². The first kappa shape index (κ1) is 24.7. The minimum atomic E-state index is -0.477. The normalized spacial score (nSPS) is 15.7. The van der Waals surface area contributed by atoms with Crippen molar-refractivity contribution >= 4 is 56.6 Å². The van der Waals surface area contributed by atoms with Crippen molar-refractivity contribution in [2.24, 2.45) is 0 Å². The predicted octanol–water partition coefficient (Wildman–Crippen LogP) is 4.42. The molecule has 8 nitrogen and oxygen atoms in total. The van der Waals surface area contributed by atoms with E-state index in [-0.39, 0.29) is 12.6 Å². The van der Waals surface area contributed by atoms with Crippen LogP contribution in [0.15, 0.2) is 64.3 Å². The number of halogens is 1. The number of ether oxygens (including phenoxy) is 2. The van der Waals surface area contributed by atoms with E-state index in [1.54, 1.807) is 43.3 Å². The van der Waals surface area contributed by atoms with E-state index in [2.05, 4.69) is 31.9 Å². The number of rotatable bonds is 7. The molecule has 1 aliphatic heterocycles. The fraction of sp³-hybridized carbons (Fsp3) is 0.261. The van der Waals surface area contributed by atoms with Gasteiger partial charge < -0.3 is 30.3 Å². The van der Waals surface area contributed by atoms with Gasteiger partial charge in [-0.05, 0) is 61.1 Å². The Labute approximate surface area is 206 Å². The number of methoxy groups -OCH3 is 1. The van der Waals surface area contributed by atoms with Gasteiger partial charge >= 0.3 is 12.0 Å². The second kappa shape index (κ2) is 11.3. The third-order valence-corrected chi connectivity index (χ3v) is 6.02. The lowest BCUT2D eigenvalue weighted by atomic mass is 9.95. The van der Waals surface area contributed by atoms with Crippen LogP contribution in [0.2, 0.25) is 0 Å². The second-order valence-electron chi connectivity index (χ2n) is 7.28. The Hall–Kier alpha value is -2.95. The fourth-order valence-electron chi connectivity index (χ4n) is 3.23. The van der Waals surface area contributed by atoms with Gasteiger partial charge in [0, 0.05) is 35.7 Å². The zero-order valence-corrected chi connectivity index (χ0v) is 20.9. The number of allylic oxidation sites excluding steroid dienone is 1. The number of carbonyl (C=O) groups excluding carboxylic acids is 2. The van der Waals surface area contributed by atoms with E-state index in [1.807, 2.05) is 31.2 Å². The summed E-state index contributed by atoms with van der Waals surface area (Å²) in [7, 11) is 3.34. The average Bonchev–Trinajstić information content (AvgIpc) is 2.79. The minimum Gasteiger partial charge on any atom is -0.460 e. The SMILES string of the molecule is COCCOC(=O)C1=C(C)N(C)C(=S)NC1c1ccc(NC(=O)Nc2ccc(Br)cc2)cc1. The van der Waals surface area contributed by atoms with Crippen molar-refractivity contribution < 1.29 is 19.1 Å². The van der Waals surface area contributed by atoms with Gasteiger partial charge in [-0.15, -0.1) is 0 Å². The zero-order chi connectivity index (χ0) is 24.0. The van der Waals surface area contributed by atoms with E-state index < -0.39 is 12.0 Å². The Kier molecular flexibility index (Phi) is 8.43. The quantitative estimate of drug-likeness (QED) is 0.276. The summed E-state index contributed by atoms with van der Waals surface area (Å²) in [6.45, 7) is 2.30. The van der Waals surface area contributed by atoms with Gasteiger partial charge in [0.2, 0.25) is 0 Å². The van der Waals surface area contributed by atoms with Crippen LogP contribution in [0.25, 0.3) is 0 Å². The van der Waals surface area contributed by atoms with Crippen molar-refractivity contribution in [1.82, 2.24) is 10.2 Å². The highest BCUT2D eigenvalue weighted by Crippen LogP contribution is 2.31. The summed E-state index contributed by atoms with van der Waals surface area (Å²) in [5.74, 6) is -0.438. The molecule has 0 fully saturated rings. The lowest BCUT2D eigenvalue weighted by molar-refractivity contribution is -0.140. The number of carbonyl (C=O) groups is 2. The molecule has 3 rings (SSSR count). The Morgan fingerprint density at radius 3 is 2.21 bits per heavy atom. The molecular weight excluding hydrogens is 508 g/mol. The van der Waals surface area contributed by atoms with Gasteiger partial charge in [-0.25, -0.2) is 9.59 Å². The predicted molar refractivity (Wildman–Crippen MR) is 135 cm³/mol. The van der Waals surface area contributed by atoms with E-state index in [4.69, 9.17) is 21.7 Å². The van der Waals surface area contributed by atoms with Gasteiger partial charge in [0.15, 0.2) is 5.11 Å². The number of urea groups is 1. The maximum atomic E-state index is 12.8. The molecule has 2 aromatic carbocycles. The topological polar surface area (TPSA) is 91.9 Å². The lowest BCUT2D eigenvalue weighted by Crippen LogP contribution is -2.46.